The molecule has 6 nitrogen and oxygen atoms in total. The first-order valence-electron chi connectivity index (χ1n) is 9.36. The van der Waals surface area contributed by atoms with E-state index in [2.05, 4.69) is 14.8 Å². The van der Waals surface area contributed by atoms with Gasteiger partial charge in [-0.1, -0.05) is 0 Å². The quantitative estimate of drug-likeness (QED) is 0.566. The van der Waals surface area contributed by atoms with Crippen LogP contribution in [0.3, 0.4) is 0 Å². The van der Waals surface area contributed by atoms with Crippen LogP contribution in [0.1, 0.15) is 30.1 Å². The molecule has 0 N–H and O–H groups in total. The number of hydrogen-bond acceptors (Lipinski definition) is 6. The standard InChI is InChI=1S/C19H27FN4O2/c1-15(25)17-2-3-19(21-12-17)24-10-8-23(9-11-24)13-16-4-6-22(7-5-16)14-18(20)26/h2-3,12,16H,4-11,13-14H2,1H3. The van der Waals surface area contributed by atoms with Crippen molar-refractivity contribution >= 4 is 17.6 Å². The van der Waals surface area contributed by atoms with Crippen molar-refractivity contribution < 1.29 is 14.0 Å². The molecule has 0 atom stereocenters. The monoisotopic (exact) mass is 362 g/mol. The number of rotatable bonds is 6. The van der Waals surface area contributed by atoms with Gasteiger partial charge in [0.05, 0.1) is 6.54 Å². The summed E-state index contributed by atoms with van der Waals surface area (Å²) in [4.78, 5) is 33.0. The Balaban J connectivity index is 1.41. The molecule has 1 aromatic rings. The Labute approximate surface area is 154 Å². The van der Waals surface area contributed by atoms with Gasteiger partial charge in [-0.05, 0) is 50.9 Å². The summed E-state index contributed by atoms with van der Waals surface area (Å²) in [5, 5.41) is 0. The summed E-state index contributed by atoms with van der Waals surface area (Å²) in [7, 11) is 0. The molecule has 142 valence electrons. The van der Waals surface area contributed by atoms with E-state index in [-0.39, 0.29) is 12.3 Å². The van der Waals surface area contributed by atoms with Crippen LogP contribution in [0.4, 0.5) is 10.2 Å². The van der Waals surface area contributed by atoms with Crippen LogP contribution in [0.15, 0.2) is 18.3 Å². The fourth-order valence-electron chi connectivity index (χ4n) is 3.81. The highest BCUT2D eigenvalue weighted by molar-refractivity contribution is 5.93. The number of Topliss-reactive ketones (excluding diaryl/α,β-unsaturated/α-hetero) is 1. The second kappa shape index (κ2) is 8.68. The van der Waals surface area contributed by atoms with Crippen LogP contribution in [-0.4, -0.2) is 79.0 Å². The van der Waals surface area contributed by atoms with Crippen molar-refractivity contribution in [3.05, 3.63) is 23.9 Å². The molecule has 3 rings (SSSR count). The zero-order valence-electron chi connectivity index (χ0n) is 15.4. The van der Waals surface area contributed by atoms with E-state index in [9.17, 15) is 14.0 Å². The van der Waals surface area contributed by atoms with Crippen LogP contribution in [-0.2, 0) is 4.79 Å². The summed E-state index contributed by atoms with van der Waals surface area (Å²) in [5.74, 6) is 1.59. The average molecular weight is 362 g/mol. The Hall–Kier alpha value is -1.86. The van der Waals surface area contributed by atoms with Gasteiger partial charge in [0.15, 0.2) is 5.78 Å². The summed E-state index contributed by atoms with van der Waals surface area (Å²) >= 11 is 0. The molecular formula is C19H27FN4O2. The van der Waals surface area contributed by atoms with Crippen LogP contribution in [0.2, 0.25) is 0 Å². The Kier molecular flexibility index (Phi) is 6.32. The molecule has 0 amide bonds. The summed E-state index contributed by atoms with van der Waals surface area (Å²) in [6.07, 6.45) is 3.71. The van der Waals surface area contributed by atoms with E-state index in [1.807, 2.05) is 17.0 Å². The Morgan fingerprint density at radius 3 is 2.31 bits per heavy atom. The highest BCUT2D eigenvalue weighted by Crippen LogP contribution is 2.20. The summed E-state index contributed by atoms with van der Waals surface area (Å²) in [6, 6.07) is 2.53. The number of piperidine rings is 1. The summed E-state index contributed by atoms with van der Waals surface area (Å²) in [6.45, 7) is 8.06. The Morgan fingerprint density at radius 1 is 1.08 bits per heavy atom. The molecule has 7 heteroatoms. The van der Waals surface area contributed by atoms with Crippen LogP contribution in [0, 0.1) is 5.92 Å². The van der Waals surface area contributed by atoms with E-state index in [4.69, 9.17) is 0 Å². The minimum Gasteiger partial charge on any atom is -0.354 e. The molecule has 2 saturated heterocycles. The first kappa shape index (κ1) is 18.9. The molecule has 0 spiro atoms. The number of ketones is 1. The van der Waals surface area contributed by atoms with Crippen molar-refractivity contribution in [3.63, 3.8) is 0 Å². The van der Waals surface area contributed by atoms with Gasteiger partial charge in [-0.3, -0.25) is 19.4 Å². The van der Waals surface area contributed by atoms with Crippen LogP contribution >= 0.6 is 0 Å². The van der Waals surface area contributed by atoms with Gasteiger partial charge in [0, 0.05) is 44.5 Å². The van der Waals surface area contributed by atoms with Gasteiger partial charge in [0.1, 0.15) is 5.82 Å². The fraction of sp³-hybridized carbons (Fsp3) is 0.632. The van der Waals surface area contributed by atoms with Gasteiger partial charge >= 0.3 is 6.04 Å². The zero-order valence-corrected chi connectivity index (χ0v) is 15.4. The Morgan fingerprint density at radius 2 is 1.77 bits per heavy atom. The first-order valence-corrected chi connectivity index (χ1v) is 9.36. The van der Waals surface area contributed by atoms with Crippen molar-refractivity contribution in [1.82, 2.24) is 14.8 Å². The highest BCUT2D eigenvalue weighted by Gasteiger charge is 2.25. The zero-order chi connectivity index (χ0) is 18.5. The maximum atomic E-state index is 12.5. The molecule has 26 heavy (non-hydrogen) atoms. The average Bonchev–Trinajstić information content (AvgIpc) is 2.64. The first-order chi connectivity index (χ1) is 12.5. The lowest BCUT2D eigenvalue weighted by Crippen LogP contribution is -2.49. The van der Waals surface area contributed by atoms with E-state index in [0.717, 1.165) is 64.5 Å². The topological polar surface area (TPSA) is 56.8 Å². The molecule has 2 aliphatic heterocycles. The maximum Gasteiger partial charge on any atom is 0.315 e. The smallest absolute Gasteiger partial charge is 0.315 e. The van der Waals surface area contributed by atoms with Crippen molar-refractivity contribution in [2.45, 2.75) is 19.8 Å². The van der Waals surface area contributed by atoms with Gasteiger partial charge < -0.3 is 4.90 Å². The Bertz CT molecular complexity index is 621. The molecule has 0 aliphatic carbocycles. The van der Waals surface area contributed by atoms with E-state index >= 15 is 0 Å². The number of carbonyl (C=O) groups excluding carboxylic acids is 2. The highest BCUT2D eigenvalue weighted by atomic mass is 19.1. The van der Waals surface area contributed by atoms with E-state index < -0.39 is 6.04 Å². The number of anilines is 1. The minimum atomic E-state index is -1.23. The molecule has 3 heterocycles. The number of aromatic nitrogens is 1. The van der Waals surface area contributed by atoms with E-state index in [0.29, 0.717) is 11.5 Å². The lowest BCUT2D eigenvalue weighted by Gasteiger charge is -2.39. The van der Waals surface area contributed by atoms with Crippen molar-refractivity contribution in [1.29, 1.82) is 0 Å². The summed E-state index contributed by atoms with van der Waals surface area (Å²) < 4.78 is 12.5. The van der Waals surface area contributed by atoms with Gasteiger partial charge in [-0.25, -0.2) is 4.98 Å². The maximum absolute atomic E-state index is 12.5. The molecule has 0 saturated carbocycles. The predicted molar refractivity (Wildman–Crippen MR) is 98.2 cm³/mol. The van der Waals surface area contributed by atoms with Crippen molar-refractivity contribution in [3.8, 4) is 0 Å². The predicted octanol–water partition coefficient (Wildman–Crippen LogP) is 1.61. The third kappa shape index (κ3) is 5.08. The van der Waals surface area contributed by atoms with Gasteiger partial charge in [0.25, 0.3) is 0 Å². The molecule has 0 radical (unpaired) electrons. The van der Waals surface area contributed by atoms with E-state index in [1.165, 1.54) is 0 Å². The van der Waals surface area contributed by atoms with Crippen molar-refractivity contribution in [2.24, 2.45) is 5.92 Å². The molecular weight excluding hydrogens is 335 g/mol. The molecule has 0 unspecified atom stereocenters. The van der Waals surface area contributed by atoms with Crippen LogP contribution in [0.25, 0.3) is 0 Å². The fourth-order valence-corrected chi connectivity index (χ4v) is 3.81. The lowest BCUT2D eigenvalue weighted by molar-refractivity contribution is -0.130. The van der Waals surface area contributed by atoms with Crippen LogP contribution in [0.5, 0.6) is 0 Å². The third-order valence-electron chi connectivity index (χ3n) is 5.42. The van der Waals surface area contributed by atoms with Gasteiger partial charge in [0.2, 0.25) is 0 Å². The molecule has 0 aromatic carbocycles. The van der Waals surface area contributed by atoms with Crippen molar-refractivity contribution in [2.75, 3.05) is 57.3 Å². The third-order valence-corrected chi connectivity index (χ3v) is 5.42. The molecule has 1 aromatic heterocycles. The molecule has 0 bridgehead atoms. The largest absolute Gasteiger partial charge is 0.354 e. The normalized spacial score (nSPS) is 20.3. The number of carbonyl (C=O) groups is 2. The number of halogens is 1. The lowest BCUT2D eigenvalue weighted by atomic mass is 9.96. The minimum absolute atomic E-state index is 0.0378. The number of hydrogen-bond donors (Lipinski definition) is 0. The number of likely N-dealkylation sites (tertiary alicyclic amines) is 1. The van der Waals surface area contributed by atoms with Gasteiger partial charge in [-0.15, -0.1) is 0 Å². The van der Waals surface area contributed by atoms with Gasteiger partial charge in [-0.2, -0.15) is 4.39 Å². The number of piperazine rings is 1. The number of nitrogens with zero attached hydrogens (tertiary/aromatic N) is 4. The van der Waals surface area contributed by atoms with E-state index in [1.54, 1.807) is 13.1 Å². The number of pyridine rings is 1. The molecule has 2 fully saturated rings. The molecule has 2 aliphatic rings. The SMILES string of the molecule is CC(=O)c1ccc(N2CCN(CC3CCN(CC(=O)F)CC3)CC2)nc1. The van der Waals surface area contributed by atoms with Crippen LogP contribution < -0.4 is 4.90 Å². The second-order valence-electron chi connectivity index (χ2n) is 7.32. The summed E-state index contributed by atoms with van der Waals surface area (Å²) in [5.41, 5.74) is 0.646. The second-order valence-corrected chi connectivity index (χ2v) is 7.32.